The molecule has 2 heterocycles. The summed E-state index contributed by atoms with van der Waals surface area (Å²) in [5, 5.41) is 6.88. The molecule has 188 valence electrons. The molecule has 2 aliphatic rings. The lowest BCUT2D eigenvalue weighted by Gasteiger charge is -2.30. The molecule has 2 unspecified atom stereocenters. The van der Waals surface area contributed by atoms with E-state index in [1.54, 1.807) is 25.2 Å². The van der Waals surface area contributed by atoms with Crippen LogP contribution in [0.15, 0.2) is 24.3 Å². The number of para-hydroxylation sites is 1. The maximum atomic E-state index is 13.4. The monoisotopic (exact) mass is 502 g/mol. The summed E-state index contributed by atoms with van der Waals surface area (Å²) in [5.41, 5.74) is 0.984. The van der Waals surface area contributed by atoms with E-state index in [4.69, 9.17) is 16.3 Å². The van der Waals surface area contributed by atoms with Gasteiger partial charge in [0, 0.05) is 24.9 Å². The molecule has 4 rings (SSSR count). The van der Waals surface area contributed by atoms with Crippen molar-refractivity contribution in [3.63, 3.8) is 0 Å². The molecule has 9 nitrogen and oxygen atoms in total. The van der Waals surface area contributed by atoms with Gasteiger partial charge < -0.3 is 25.3 Å². The topological polar surface area (TPSA) is 121 Å². The Bertz CT molecular complexity index is 1130. The third-order valence-corrected chi connectivity index (χ3v) is 7.22. The highest BCUT2D eigenvalue weighted by molar-refractivity contribution is 6.35. The lowest BCUT2D eigenvalue weighted by molar-refractivity contribution is -0.146. The summed E-state index contributed by atoms with van der Waals surface area (Å²) in [6.45, 7) is 0.611. The molecule has 3 N–H and O–H groups in total. The molecule has 1 aromatic carbocycles. The zero-order chi connectivity index (χ0) is 25.1. The number of carbonyl (C=O) groups is 4. The van der Waals surface area contributed by atoms with Crippen molar-refractivity contribution >= 4 is 46.2 Å². The number of rotatable bonds is 9. The van der Waals surface area contributed by atoms with Crippen molar-refractivity contribution in [1.82, 2.24) is 20.5 Å². The van der Waals surface area contributed by atoms with Gasteiger partial charge in [-0.3, -0.25) is 14.4 Å². The Morgan fingerprint density at radius 3 is 2.66 bits per heavy atom. The number of esters is 1. The number of aromatic amines is 1. The molecule has 1 saturated carbocycles. The second-order valence-corrected chi connectivity index (χ2v) is 9.86. The van der Waals surface area contributed by atoms with Crippen LogP contribution >= 0.6 is 11.6 Å². The molecule has 0 spiro atoms. The number of piperidine rings is 1. The van der Waals surface area contributed by atoms with E-state index in [2.05, 4.69) is 15.6 Å². The molecule has 2 aromatic rings. The number of H-pyrrole nitrogens is 1. The van der Waals surface area contributed by atoms with Gasteiger partial charge in [0.15, 0.2) is 0 Å². The van der Waals surface area contributed by atoms with Crippen molar-refractivity contribution in [2.45, 2.75) is 50.6 Å². The van der Waals surface area contributed by atoms with Gasteiger partial charge in [0.2, 0.25) is 11.8 Å². The van der Waals surface area contributed by atoms with Crippen LogP contribution in [0.3, 0.4) is 0 Å². The summed E-state index contributed by atoms with van der Waals surface area (Å²) in [4.78, 5) is 55.9. The van der Waals surface area contributed by atoms with E-state index in [0.717, 1.165) is 24.6 Å². The SMILES string of the molecule is COC(=O)C(C[C@@H]1CCCNC1=O)NC(=O)C(CC1CC1)N(C)C(=O)c1cc2cccc(Cl)c2[nH]1. The number of hydrogen-bond acceptors (Lipinski definition) is 5. The Hall–Kier alpha value is -3.07. The highest BCUT2D eigenvalue weighted by Gasteiger charge is 2.37. The number of nitrogens with zero attached hydrogens (tertiary/aromatic N) is 1. The number of likely N-dealkylation sites (N-methyl/N-ethyl adjacent to an activating group) is 1. The predicted molar refractivity (Wildman–Crippen MR) is 131 cm³/mol. The maximum absolute atomic E-state index is 13.4. The van der Waals surface area contributed by atoms with Crippen LogP contribution in [-0.2, 0) is 19.1 Å². The number of fused-ring (bicyclic) bond motifs is 1. The third kappa shape index (κ3) is 5.78. The summed E-state index contributed by atoms with van der Waals surface area (Å²) in [6, 6.07) is 5.36. The number of ether oxygens (including phenoxy) is 1. The summed E-state index contributed by atoms with van der Waals surface area (Å²) in [6.07, 6.45) is 4.09. The number of hydrogen-bond donors (Lipinski definition) is 3. The van der Waals surface area contributed by atoms with Gasteiger partial charge in [0.05, 0.1) is 17.6 Å². The van der Waals surface area contributed by atoms with Crippen LogP contribution in [0.2, 0.25) is 5.02 Å². The molecule has 2 fully saturated rings. The fraction of sp³-hybridized carbons (Fsp3) is 0.520. The first-order valence-corrected chi connectivity index (χ1v) is 12.4. The summed E-state index contributed by atoms with van der Waals surface area (Å²) < 4.78 is 4.90. The van der Waals surface area contributed by atoms with Crippen LogP contribution in [0.4, 0.5) is 0 Å². The number of carbonyl (C=O) groups excluding carboxylic acids is 4. The Labute approximate surface area is 208 Å². The summed E-state index contributed by atoms with van der Waals surface area (Å²) >= 11 is 6.24. The minimum atomic E-state index is -0.974. The van der Waals surface area contributed by atoms with E-state index < -0.39 is 24.0 Å². The average Bonchev–Trinajstić information content (AvgIpc) is 3.57. The van der Waals surface area contributed by atoms with Crippen molar-refractivity contribution in [2.75, 3.05) is 20.7 Å². The molecule has 0 bridgehead atoms. The Balaban J connectivity index is 1.51. The van der Waals surface area contributed by atoms with Gasteiger partial charge in [0.1, 0.15) is 17.8 Å². The molecular weight excluding hydrogens is 472 g/mol. The van der Waals surface area contributed by atoms with E-state index in [9.17, 15) is 19.2 Å². The lowest BCUT2D eigenvalue weighted by Crippen LogP contribution is -2.53. The highest BCUT2D eigenvalue weighted by Crippen LogP contribution is 2.35. The predicted octanol–water partition coefficient (Wildman–Crippen LogP) is 2.64. The largest absolute Gasteiger partial charge is 0.467 e. The highest BCUT2D eigenvalue weighted by atomic mass is 35.5. The van der Waals surface area contributed by atoms with Gasteiger partial charge in [-0.15, -0.1) is 0 Å². The van der Waals surface area contributed by atoms with Gasteiger partial charge in [-0.2, -0.15) is 0 Å². The number of aromatic nitrogens is 1. The van der Waals surface area contributed by atoms with Crippen LogP contribution in [0.25, 0.3) is 10.9 Å². The maximum Gasteiger partial charge on any atom is 0.328 e. The number of amides is 3. The van der Waals surface area contributed by atoms with E-state index in [-0.39, 0.29) is 24.2 Å². The van der Waals surface area contributed by atoms with Gasteiger partial charge >= 0.3 is 5.97 Å². The Morgan fingerprint density at radius 1 is 1.23 bits per heavy atom. The van der Waals surface area contributed by atoms with Crippen LogP contribution in [-0.4, -0.2) is 66.4 Å². The first-order chi connectivity index (χ1) is 16.8. The quantitative estimate of drug-likeness (QED) is 0.455. The van der Waals surface area contributed by atoms with Crippen molar-refractivity contribution in [3.8, 4) is 0 Å². The van der Waals surface area contributed by atoms with Crippen LogP contribution in [0, 0.1) is 11.8 Å². The zero-order valence-electron chi connectivity index (χ0n) is 19.9. The fourth-order valence-corrected chi connectivity index (χ4v) is 4.87. The van der Waals surface area contributed by atoms with Crippen molar-refractivity contribution in [1.29, 1.82) is 0 Å². The normalized spacial score (nSPS) is 19.5. The van der Waals surface area contributed by atoms with E-state index in [0.29, 0.717) is 41.5 Å². The minimum absolute atomic E-state index is 0.126. The fourth-order valence-electron chi connectivity index (χ4n) is 4.65. The molecule has 1 saturated heterocycles. The lowest BCUT2D eigenvalue weighted by atomic mass is 9.91. The first kappa shape index (κ1) is 25.0. The number of methoxy groups -OCH3 is 1. The molecule has 35 heavy (non-hydrogen) atoms. The van der Waals surface area contributed by atoms with Gasteiger partial charge in [0.25, 0.3) is 5.91 Å². The van der Waals surface area contributed by atoms with Crippen LogP contribution in [0.5, 0.6) is 0 Å². The van der Waals surface area contributed by atoms with Gasteiger partial charge in [-0.05, 0) is 43.7 Å². The molecule has 1 aliphatic heterocycles. The molecule has 1 aliphatic carbocycles. The summed E-state index contributed by atoms with van der Waals surface area (Å²) in [7, 11) is 2.84. The van der Waals surface area contributed by atoms with Crippen molar-refractivity contribution < 1.29 is 23.9 Å². The number of benzene rings is 1. The third-order valence-electron chi connectivity index (χ3n) is 6.90. The smallest absolute Gasteiger partial charge is 0.328 e. The first-order valence-electron chi connectivity index (χ1n) is 12.0. The minimum Gasteiger partial charge on any atom is -0.467 e. The van der Waals surface area contributed by atoms with E-state index in [1.807, 2.05) is 6.07 Å². The van der Waals surface area contributed by atoms with E-state index in [1.165, 1.54) is 12.0 Å². The Kier molecular flexibility index (Phi) is 7.64. The number of nitrogens with one attached hydrogen (secondary N) is 3. The standard InChI is InChI=1S/C25H31ClN4O5/c1-30(24(33)18-12-15-5-3-7-17(26)21(15)28-18)20(11-14-8-9-14)23(32)29-19(25(34)35-2)13-16-6-4-10-27-22(16)31/h3,5,7,12,14,16,19-20,28H,4,6,8-11,13H2,1-2H3,(H,27,31)(H,29,32)/t16-,19?,20?/m0/s1. The van der Waals surface area contributed by atoms with Crippen molar-refractivity contribution in [3.05, 3.63) is 35.0 Å². The molecule has 1 aromatic heterocycles. The second kappa shape index (κ2) is 10.7. The zero-order valence-corrected chi connectivity index (χ0v) is 20.7. The summed E-state index contributed by atoms with van der Waals surface area (Å²) in [5.74, 6) is -1.56. The van der Waals surface area contributed by atoms with Crippen LogP contribution < -0.4 is 10.6 Å². The van der Waals surface area contributed by atoms with E-state index >= 15 is 0 Å². The van der Waals surface area contributed by atoms with Gasteiger partial charge in [-0.25, -0.2) is 4.79 Å². The van der Waals surface area contributed by atoms with Gasteiger partial charge in [-0.1, -0.05) is 36.6 Å². The molecule has 0 radical (unpaired) electrons. The van der Waals surface area contributed by atoms with Crippen molar-refractivity contribution in [2.24, 2.45) is 11.8 Å². The molecule has 3 amide bonds. The second-order valence-electron chi connectivity index (χ2n) is 9.45. The van der Waals surface area contributed by atoms with Crippen LogP contribution in [0.1, 0.15) is 49.0 Å². The number of halogens is 1. The Morgan fingerprint density at radius 2 is 2.00 bits per heavy atom. The molecule has 3 atom stereocenters. The average molecular weight is 503 g/mol. The molecule has 10 heteroatoms. The molecular formula is C25H31ClN4O5.